The molecule has 11 heteroatoms. The van der Waals surface area contributed by atoms with Gasteiger partial charge >= 0.3 is 12.1 Å². The Morgan fingerprint density at radius 3 is 2.59 bits per heavy atom. The quantitative estimate of drug-likeness (QED) is 0.613. The van der Waals surface area contributed by atoms with Crippen molar-refractivity contribution >= 4 is 29.0 Å². The predicted octanol–water partition coefficient (Wildman–Crippen LogP) is 1.86. The predicted molar refractivity (Wildman–Crippen MR) is 101 cm³/mol. The van der Waals surface area contributed by atoms with Gasteiger partial charge in [0.15, 0.2) is 0 Å². The zero-order valence-electron chi connectivity index (χ0n) is 16.2. The van der Waals surface area contributed by atoms with Crippen molar-refractivity contribution < 1.29 is 28.9 Å². The number of fused-ring (bicyclic) bond motifs is 1. The number of nitrogens with one attached hydrogen (secondary N) is 1. The molecule has 3 aromatic rings. The molecule has 152 valence electrons. The van der Waals surface area contributed by atoms with E-state index in [1.54, 1.807) is 25.1 Å². The van der Waals surface area contributed by atoms with E-state index in [-0.39, 0.29) is 23.9 Å². The summed E-state index contributed by atoms with van der Waals surface area (Å²) < 4.78 is 16.1. The number of esters is 1. The SMILES string of the molecule is COC(=O)Nc1nc(O)c2c(n1)c(C)nn2Cc1ccc(C(=O)OC)cc1OC. The van der Waals surface area contributed by atoms with Gasteiger partial charge in [-0.1, -0.05) is 6.07 Å². The molecule has 3 rings (SSSR count). The molecule has 0 radical (unpaired) electrons. The summed E-state index contributed by atoms with van der Waals surface area (Å²) in [7, 11) is 3.99. The first-order valence-electron chi connectivity index (χ1n) is 8.42. The van der Waals surface area contributed by atoms with Crippen LogP contribution in [0.2, 0.25) is 0 Å². The fraction of sp³-hybridized carbons (Fsp3) is 0.278. The van der Waals surface area contributed by atoms with E-state index in [0.717, 1.165) is 0 Å². The van der Waals surface area contributed by atoms with Crippen molar-refractivity contribution in [1.29, 1.82) is 0 Å². The standard InChI is InChI=1S/C18H19N5O6/c1-9-13-14(15(24)20-17(19-13)21-18(26)29-4)23(22-9)8-11-6-5-10(16(25)28-3)7-12(11)27-2/h5-7H,8H2,1-4H3,(H2,19,20,21,24,26). The van der Waals surface area contributed by atoms with E-state index in [4.69, 9.17) is 9.47 Å². The number of amides is 1. The molecular weight excluding hydrogens is 382 g/mol. The van der Waals surface area contributed by atoms with Crippen molar-refractivity contribution in [3.8, 4) is 11.6 Å². The molecular formula is C18H19N5O6. The molecule has 2 aromatic heterocycles. The van der Waals surface area contributed by atoms with Gasteiger partial charge in [0.25, 0.3) is 0 Å². The molecule has 0 aliphatic heterocycles. The zero-order chi connectivity index (χ0) is 21.1. The number of hydrogen-bond acceptors (Lipinski definition) is 9. The number of aryl methyl sites for hydroxylation is 1. The van der Waals surface area contributed by atoms with Gasteiger partial charge in [-0.3, -0.25) is 10.00 Å². The fourth-order valence-corrected chi connectivity index (χ4v) is 2.81. The summed E-state index contributed by atoms with van der Waals surface area (Å²) in [5.74, 6) is -0.484. The van der Waals surface area contributed by atoms with Crippen LogP contribution in [0, 0.1) is 6.92 Å². The molecule has 0 saturated carbocycles. The molecule has 0 spiro atoms. The number of benzene rings is 1. The molecule has 2 heterocycles. The molecule has 0 saturated heterocycles. The Bertz CT molecular complexity index is 1090. The number of nitrogens with zero attached hydrogens (tertiary/aromatic N) is 4. The van der Waals surface area contributed by atoms with Crippen LogP contribution in [-0.2, 0) is 16.0 Å². The largest absolute Gasteiger partial charge is 0.496 e. The van der Waals surface area contributed by atoms with Gasteiger partial charge in [0.1, 0.15) is 16.8 Å². The van der Waals surface area contributed by atoms with Crippen LogP contribution in [0.5, 0.6) is 11.6 Å². The molecule has 0 bridgehead atoms. The first-order valence-corrected chi connectivity index (χ1v) is 8.42. The lowest BCUT2D eigenvalue weighted by molar-refractivity contribution is 0.0600. The summed E-state index contributed by atoms with van der Waals surface area (Å²) in [6.45, 7) is 1.93. The second-order valence-electron chi connectivity index (χ2n) is 5.95. The van der Waals surface area contributed by atoms with Gasteiger partial charge in [0.2, 0.25) is 11.8 Å². The molecule has 29 heavy (non-hydrogen) atoms. The van der Waals surface area contributed by atoms with Gasteiger partial charge in [-0.2, -0.15) is 10.1 Å². The Morgan fingerprint density at radius 2 is 1.93 bits per heavy atom. The minimum absolute atomic E-state index is 0.107. The number of carbonyl (C=O) groups excluding carboxylic acids is 2. The Hall–Kier alpha value is -3.89. The summed E-state index contributed by atoms with van der Waals surface area (Å²) in [6, 6.07) is 4.88. The number of methoxy groups -OCH3 is 3. The maximum atomic E-state index is 11.7. The van der Waals surface area contributed by atoms with Crippen LogP contribution in [0.3, 0.4) is 0 Å². The topological polar surface area (TPSA) is 138 Å². The van der Waals surface area contributed by atoms with Crippen LogP contribution in [-0.4, -0.2) is 58.2 Å². The van der Waals surface area contributed by atoms with Gasteiger partial charge in [-0.15, -0.1) is 0 Å². The number of ether oxygens (including phenoxy) is 3. The summed E-state index contributed by atoms with van der Waals surface area (Å²) in [4.78, 5) is 31.2. The Labute approximate surface area is 165 Å². The summed E-state index contributed by atoms with van der Waals surface area (Å²) in [5, 5.41) is 17.1. The van der Waals surface area contributed by atoms with Crippen molar-refractivity contribution in [2.75, 3.05) is 26.6 Å². The van der Waals surface area contributed by atoms with E-state index in [1.807, 2.05) is 0 Å². The Kier molecular flexibility index (Phi) is 5.48. The first kappa shape index (κ1) is 19.9. The average molecular weight is 401 g/mol. The van der Waals surface area contributed by atoms with Gasteiger partial charge in [-0.25, -0.2) is 14.6 Å². The van der Waals surface area contributed by atoms with E-state index in [1.165, 1.54) is 26.0 Å². The summed E-state index contributed by atoms with van der Waals surface area (Å²) >= 11 is 0. The summed E-state index contributed by atoms with van der Waals surface area (Å²) in [6.07, 6.45) is -0.760. The molecule has 0 aliphatic carbocycles. The molecule has 0 fully saturated rings. The van der Waals surface area contributed by atoms with Crippen LogP contribution < -0.4 is 10.1 Å². The second kappa shape index (κ2) is 8.00. The van der Waals surface area contributed by atoms with E-state index < -0.39 is 12.1 Å². The van der Waals surface area contributed by atoms with Crippen molar-refractivity contribution in [2.45, 2.75) is 13.5 Å². The minimum Gasteiger partial charge on any atom is -0.496 e. The summed E-state index contributed by atoms with van der Waals surface area (Å²) in [5.41, 5.74) is 2.24. The van der Waals surface area contributed by atoms with E-state index >= 15 is 0 Å². The van der Waals surface area contributed by atoms with Crippen LogP contribution in [0.25, 0.3) is 11.0 Å². The highest BCUT2D eigenvalue weighted by Crippen LogP contribution is 2.28. The van der Waals surface area contributed by atoms with E-state index in [2.05, 4.69) is 25.1 Å². The maximum absolute atomic E-state index is 11.7. The highest BCUT2D eigenvalue weighted by Gasteiger charge is 2.19. The molecule has 0 atom stereocenters. The molecule has 1 aromatic carbocycles. The smallest absolute Gasteiger partial charge is 0.413 e. The minimum atomic E-state index is -0.760. The normalized spacial score (nSPS) is 10.6. The lowest BCUT2D eigenvalue weighted by atomic mass is 10.1. The zero-order valence-corrected chi connectivity index (χ0v) is 16.2. The van der Waals surface area contributed by atoms with Gasteiger partial charge in [0.05, 0.1) is 39.1 Å². The number of carbonyl (C=O) groups is 2. The van der Waals surface area contributed by atoms with Crippen molar-refractivity contribution in [3.05, 3.63) is 35.0 Å². The highest BCUT2D eigenvalue weighted by molar-refractivity contribution is 5.90. The van der Waals surface area contributed by atoms with E-state index in [0.29, 0.717) is 28.1 Å². The van der Waals surface area contributed by atoms with Gasteiger partial charge in [0, 0.05) is 5.56 Å². The number of hydrogen-bond donors (Lipinski definition) is 2. The maximum Gasteiger partial charge on any atom is 0.413 e. The van der Waals surface area contributed by atoms with Crippen LogP contribution in [0.15, 0.2) is 18.2 Å². The molecule has 11 nitrogen and oxygen atoms in total. The monoisotopic (exact) mass is 401 g/mol. The van der Waals surface area contributed by atoms with Crippen LogP contribution in [0.4, 0.5) is 10.7 Å². The number of aromatic nitrogens is 4. The third-order valence-electron chi connectivity index (χ3n) is 4.16. The van der Waals surface area contributed by atoms with Crippen LogP contribution >= 0.6 is 0 Å². The Balaban J connectivity index is 2.01. The van der Waals surface area contributed by atoms with Crippen molar-refractivity contribution in [3.63, 3.8) is 0 Å². The molecule has 2 N–H and O–H groups in total. The fourth-order valence-electron chi connectivity index (χ4n) is 2.81. The lowest BCUT2D eigenvalue weighted by Gasteiger charge is -2.11. The molecule has 1 amide bonds. The van der Waals surface area contributed by atoms with Gasteiger partial charge in [-0.05, 0) is 19.1 Å². The molecule has 0 unspecified atom stereocenters. The van der Waals surface area contributed by atoms with E-state index in [9.17, 15) is 14.7 Å². The number of anilines is 1. The molecule has 0 aliphatic rings. The Morgan fingerprint density at radius 1 is 1.17 bits per heavy atom. The number of rotatable bonds is 5. The van der Waals surface area contributed by atoms with Gasteiger partial charge < -0.3 is 19.3 Å². The third-order valence-corrected chi connectivity index (χ3v) is 4.16. The lowest BCUT2D eigenvalue weighted by Crippen LogP contribution is -2.13. The van der Waals surface area contributed by atoms with Crippen molar-refractivity contribution in [1.82, 2.24) is 19.7 Å². The van der Waals surface area contributed by atoms with Crippen LogP contribution in [0.1, 0.15) is 21.6 Å². The van der Waals surface area contributed by atoms with Crippen molar-refractivity contribution in [2.24, 2.45) is 0 Å². The second-order valence-corrected chi connectivity index (χ2v) is 5.95. The third kappa shape index (κ3) is 3.88. The first-order chi connectivity index (χ1) is 13.9. The average Bonchev–Trinajstić information content (AvgIpc) is 3.03. The highest BCUT2D eigenvalue weighted by atomic mass is 16.5. The number of aromatic hydroxyl groups is 1.